The van der Waals surface area contributed by atoms with E-state index in [1.54, 1.807) is 71.2 Å². The topological polar surface area (TPSA) is 241 Å². The summed E-state index contributed by atoms with van der Waals surface area (Å²) in [5.41, 5.74) is 4.72. The van der Waals surface area contributed by atoms with Crippen LogP contribution in [0.4, 0.5) is 21.0 Å². The maximum Gasteiger partial charge on any atom is 0.409 e. The fourth-order valence-corrected chi connectivity index (χ4v) is 12.4. The van der Waals surface area contributed by atoms with Crippen LogP contribution in [0.1, 0.15) is 95.4 Å². The van der Waals surface area contributed by atoms with Gasteiger partial charge < -0.3 is 54.0 Å². The number of allylic oxidation sites excluding steroid dienone is 3. The molecular formula is C64H76ClN5O14S. The number of amides is 5. The molecule has 5 amide bonds. The maximum atomic E-state index is 14.4. The van der Waals surface area contributed by atoms with Gasteiger partial charge in [-0.2, -0.15) is 11.8 Å². The number of benzene rings is 4. The van der Waals surface area contributed by atoms with E-state index in [2.05, 4.69) is 28.1 Å². The lowest BCUT2D eigenvalue weighted by atomic mass is 9.83. The highest BCUT2D eigenvalue weighted by molar-refractivity contribution is 7.98. The van der Waals surface area contributed by atoms with Gasteiger partial charge in [0, 0.05) is 75.4 Å². The number of alkyl carbamates (subject to hydrolysis) is 2. The SMILES string of the molecule is COc1cc2cc(c1Cl)N(C)C(=O)CC(OC(=O)C(C)N(C)C(=O)CCSCc1ccc(NC(=O)[C@@H](C)CC(=O)[C@@H](C)NC(=O)OCC3c4ccccc4-c4ccccc43)cc1)C1(C)OC1C(C)C1CC(O)(NC(=O)O1)C(OC)/C=C/C=C(\C)C2. The fourth-order valence-electron chi connectivity index (χ4n) is 11.2. The zero-order valence-corrected chi connectivity index (χ0v) is 51.2. The lowest BCUT2D eigenvalue weighted by Gasteiger charge is -2.42. The van der Waals surface area contributed by atoms with E-state index in [0.29, 0.717) is 35.1 Å². The molecule has 2 fully saturated rings. The number of hydrogen-bond donors (Lipinski definition) is 4. The largest absolute Gasteiger partial charge is 0.495 e. The second kappa shape index (κ2) is 27.4. The van der Waals surface area contributed by atoms with Gasteiger partial charge in [-0.3, -0.25) is 24.5 Å². The summed E-state index contributed by atoms with van der Waals surface area (Å²) in [4.78, 5) is 97.1. The third-order valence-corrected chi connectivity index (χ3v) is 18.0. The molecule has 0 spiro atoms. The van der Waals surface area contributed by atoms with Gasteiger partial charge in [-0.15, -0.1) is 0 Å². The van der Waals surface area contributed by atoms with E-state index in [0.717, 1.165) is 39.0 Å². The molecule has 4 aromatic rings. The van der Waals surface area contributed by atoms with Crippen molar-refractivity contribution in [1.29, 1.82) is 0 Å². The first kappa shape index (κ1) is 63.8. The number of methoxy groups -OCH3 is 2. The lowest BCUT2D eigenvalue weighted by molar-refractivity contribution is -0.162. The van der Waals surface area contributed by atoms with Gasteiger partial charge in [0.1, 0.15) is 47.3 Å². The summed E-state index contributed by atoms with van der Waals surface area (Å²) in [6, 6.07) is 24.9. The van der Waals surface area contributed by atoms with Crippen LogP contribution in [-0.4, -0.2) is 140 Å². The highest BCUT2D eigenvalue weighted by Crippen LogP contribution is 2.50. The van der Waals surface area contributed by atoms with E-state index >= 15 is 0 Å². The van der Waals surface area contributed by atoms with Crippen molar-refractivity contribution >= 4 is 76.4 Å². The average molecular weight is 1210 g/mol. The third kappa shape index (κ3) is 14.9. The van der Waals surface area contributed by atoms with Gasteiger partial charge in [-0.25, -0.2) is 14.4 Å². The fraction of sp³-hybridized carbons (Fsp3) is 0.453. The Morgan fingerprint density at radius 2 is 1.65 bits per heavy atom. The van der Waals surface area contributed by atoms with Gasteiger partial charge in [-0.1, -0.05) is 110 Å². The minimum atomic E-state index is -1.87. The number of esters is 1. The molecule has 0 saturated carbocycles. The van der Waals surface area contributed by atoms with E-state index in [9.17, 15) is 38.7 Å². The zero-order valence-electron chi connectivity index (χ0n) is 49.6. The van der Waals surface area contributed by atoms with Crippen LogP contribution < -0.4 is 25.6 Å². The molecule has 2 saturated heterocycles. The summed E-state index contributed by atoms with van der Waals surface area (Å²) in [6.45, 7) is 10.3. The molecule has 3 heterocycles. The highest BCUT2D eigenvalue weighted by Gasteiger charge is 2.64. The van der Waals surface area contributed by atoms with Gasteiger partial charge in [0.2, 0.25) is 17.7 Å². The number of carbonyl (C=O) groups excluding carboxylic acids is 7. The first-order valence-corrected chi connectivity index (χ1v) is 29.9. The van der Waals surface area contributed by atoms with E-state index < -0.39 is 83.7 Å². The molecule has 3 aliphatic heterocycles. The zero-order chi connectivity index (χ0) is 61.5. The number of nitrogens with one attached hydrogen (secondary N) is 3. The Balaban J connectivity index is 0.822. The molecule has 454 valence electrons. The van der Waals surface area contributed by atoms with Crippen molar-refractivity contribution < 1.29 is 67.1 Å². The summed E-state index contributed by atoms with van der Waals surface area (Å²) in [7, 11) is 5.97. The quantitative estimate of drug-likeness (QED) is 0.0314. The first-order chi connectivity index (χ1) is 40.4. The Morgan fingerprint density at radius 3 is 2.31 bits per heavy atom. The average Bonchev–Trinajstić information content (AvgIpc) is 1.99. The molecule has 0 radical (unpaired) electrons. The number of nitrogens with zero attached hydrogens (tertiary/aromatic N) is 2. The standard InChI is InChI=1S/C64H76ClN5O14S/c1-36-16-15-21-53(80-10)64(78)33-52(82-62(77)68-64)38(3)58-63(6,84-58)54(32-56(73)70(8)49-30-42(28-36)31-51(79-9)57(49)65)83-60(75)40(5)69(7)55(72)26-27-85-35-41-22-24-43(25-23-41)67-59(74)37(2)29-50(71)39(4)66-61(76)81-34-48-46-19-13-11-17-44(46)45-18-12-14-20-47(45)48/h11-25,30-31,37-40,48,52-54,58,78H,26-29,32-35H2,1-10H3,(H,66,76)(H,67,74)(H,68,77)/b21-15+,36-16+/t37-,38?,39+,40?,52?,53?,54?,58?,63?,64?/m0/s1. The van der Waals surface area contributed by atoms with Gasteiger partial charge in [0.25, 0.3) is 0 Å². The summed E-state index contributed by atoms with van der Waals surface area (Å²) in [5, 5.41) is 20.1. The number of carbonyl (C=O) groups is 7. The van der Waals surface area contributed by atoms with Crippen LogP contribution in [0.25, 0.3) is 11.1 Å². The van der Waals surface area contributed by atoms with Crippen LogP contribution in [0.5, 0.6) is 5.75 Å². The Morgan fingerprint density at radius 1 is 0.976 bits per heavy atom. The monoisotopic (exact) mass is 1210 g/mol. The van der Waals surface area contributed by atoms with Crippen molar-refractivity contribution in [2.24, 2.45) is 11.8 Å². The molecule has 4 bridgehead atoms. The minimum Gasteiger partial charge on any atom is -0.495 e. The van der Waals surface area contributed by atoms with Gasteiger partial charge in [-0.05, 0) is 91.8 Å². The number of epoxide rings is 1. The molecule has 4 aromatic carbocycles. The van der Waals surface area contributed by atoms with Crippen LogP contribution in [0.2, 0.25) is 5.02 Å². The number of thioether (sulfide) groups is 1. The first-order valence-electron chi connectivity index (χ1n) is 28.4. The Hall–Kier alpha value is -7.23. The number of hydrogen-bond acceptors (Lipinski definition) is 15. The number of anilines is 2. The molecule has 1 aliphatic carbocycles. The molecule has 21 heteroatoms. The molecule has 8 unspecified atom stereocenters. The van der Waals surface area contributed by atoms with Gasteiger partial charge >= 0.3 is 18.2 Å². The molecule has 85 heavy (non-hydrogen) atoms. The predicted octanol–water partition coefficient (Wildman–Crippen LogP) is 9.30. The van der Waals surface area contributed by atoms with Crippen LogP contribution in [0.3, 0.4) is 0 Å². The second-order valence-corrected chi connectivity index (χ2v) is 24.1. The van der Waals surface area contributed by atoms with Crippen LogP contribution >= 0.6 is 23.4 Å². The highest BCUT2D eigenvalue weighted by atomic mass is 35.5. The minimum absolute atomic E-state index is 0.0893. The third-order valence-electron chi connectivity index (χ3n) is 16.6. The van der Waals surface area contributed by atoms with Crippen molar-refractivity contribution in [2.45, 2.75) is 133 Å². The number of ketones is 1. The molecule has 4 aliphatic rings. The van der Waals surface area contributed by atoms with E-state index in [1.807, 2.05) is 61.5 Å². The lowest BCUT2D eigenvalue weighted by Crippen LogP contribution is -2.63. The molecule has 8 rings (SSSR count). The summed E-state index contributed by atoms with van der Waals surface area (Å²) < 4.78 is 35.2. The van der Waals surface area contributed by atoms with Crippen molar-refractivity contribution in [3.05, 3.63) is 136 Å². The summed E-state index contributed by atoms with van der Waals surface area (Å²) in [5.74, 6) is -2.34. The number of rotatable bonds is 18. The maximum absolute atomic E-state index is 14.4. The molecule has 19 nitrogen and oxygen atoms in total. The smallest absolute Gasteiger partial charge is 0.409 e. The molecule has 0 aromatic heterocycles. The number of ether oxygens (including phenoxy) is 6. The summed E-state index contributed by atoms with van der Waals surface area (Å²) in [6.07, 6.45) is -0.194. The van der Waals surface area contributed by atoms with Crippen molar-refractivity contribution in [3.63, 3.8) is 0 Å². The molecular weight excluding hydrogens is 1130 g/mol. The van der Waals surface area contributed by atoms with Crippen LogP contribution in [0, 0.1) is 11.8 Å². The van der Waals surface area contributed by atoms with E-state index in [1.165, 1.54) is 49.8 Å². The Labute approximate surface area is 505 Å². The Bertz CT molecular complexity index is 3190. The Kier molecular flexibility index (Phi) is 20.6. The van der Waals surface area contributed by atoms with Crippen molar-refractivity contribution in [2.75, 3.05) is 50.9 Å². The van der Waals surface area contributed by atoms with E-state index in [-0.39, 0.29) is 60.8 Å². The second-order valence-electron chi connectivity index (χ2n) is 22.7. The van der Waals surface area contributed by atoms with Gasteiger partial charge in [0.15, 0.2) is 11.5 Å². The normalized spacial score (nSPS) is 24.9. The molecule has 10 atom stereocenters. The van der Waals surface area contributed by atoms with Crippen LogP contribution in [-0.2, 0) is 59.8 Å². The molecule has 4 N–H and O–H groups in total. The number of fused-ring (bicyclic) bond motifs is 8. The van der Waals surface area contributed by atoms with Crippen molar-refractivity contribution in [3.8, 4) is 16.9 Å². The van der Waals surface area contributed by atoms with Gasteiger partial charge in [0.05, 0.1) is 31.4 Å². The number of Topliss-reactive ketones (excluding diaryl/α,β-unsaturated/α-hetero) is 1. The number of aliphatic hydroxyl groups is 1. The number of likely N-dealkylation sites (N-methyl/N-ethyl adjacent to an activating group) is 1. The number of halogens is 1. The van der Waals surface area contributed by atoms with E-state index in [4.69, 9.17) is 40.0 Å². The van der Waals surface area contributed by atoms with Crippen LogP contribution in [0.15, 0.2) is 109 Å². The predicted molar refractivity (Wildman–Crippen MR) is 323 cm³/mol. The van der Waals surface area contributed by atoms with Crippen molar-refractivity contribution in [1.82, 2.24) is 15.5 Å². The summed E-state index contributed by atoms with van der Waals surface area (Å²) >= 11 is 8.35.